The highest BCUT2D eigenvalue weighted by Gasteiger charge is 2.34. The number of nitrogens with zero attached hydrogens (tertiary/aromatic N) is 2. The van der Waals surface area contributed by atoms with Crippen molar-refractivity contribution in [1.82, 2.24) is 4.98 Å². The maximum Gasteiger partial charge on any atom is 0.414 e. The molecule has 144 valence electrons. The molecule has 3 rings (SSSR count). The van der Waals surface area contributed by atoms with Gasteiger partial charge in [0.25, 0.3) is 0 Å². The van der Waals surface area contributed by atoms with E-state index in [0.29, 0.717) is 6.04 Å². The van der Waals surface area contributed by atoms with Crippen molar-refractivity contribution in [2.45, 2.75) is 82.3 Å². The molecule has 0 aliphatic carbocycles. The number of hydrogen-bond acceptors (Lipinski definition) is 2. The van der Waals surface area contributed by atoms with E-state index in [9.17, 15) is 0 Å². The van der Waals surface area contributed by atoms with Gasteiger partial charge in [-0.25, -0.2) is 0 Å². The summed E-state index contributed by atoms with van der Waals surface area (Å²) in [6.45, 7) is 6.98. The molecule has 0 N–H and O–H groups in total. The van der Waals surface area contributed by atoms with Crippen LogP contribution in [0.1, 0.15) is 71.3 Å². The number of anilines is 1. The fourth-order valence-electron chi connectivity index (χ4n) is 4.43. The number of pyridine rings is 1. The summed E-state index contributed by atoms with van der Waals surface area (Å²) in [4.78, 5) is 4.85. The zero-order chi connectivity index (χ0) is 19.1. The molecule has 0 amide bonds. The Kier molecular flexibility index (Phi) is 7.80. The third-order valence-electron chi connectivity index (χ3n) is 5.92. The van der Waals surface area contributed by atoms with Crippen LogP contribution in [-0.4, -0.2) is 25.4 Å². The number of aromatic nitrogens is 1. The zero-order valence-corrected chi connectivity index (χ0v) is 18.6. The Morgan fingerprint density at radius 3 is 2.41 bits per heavy atom. The molecule has 0 fully saturated rings. The van der Waals surface area contributed by atoms with E-state index in [2.05, 4.69) is 61.1 Å². The van der Waals surface area contributed by atoms with E-state index in [1.54, 1.807) is 0 Å². The van der Waals surface area contributed by atoms with Crippen LogP contribution >= 0.6 is 0 Å². The van der Waals surface area contributed by atoms with Crippen molar-refractivity contribution in [1.29, 1.82) is 0 Å². The molecule has 0 radical (unpaired) electrons. The van der Waals surface area contributed by atoms with Gasteiger partial charge in [0.2, 0.25) is 0 Å². The summed E-state index contributed by atoms with van der Waals surface area (Å²) in [5.41, 5.74) is 4.03. The lowest BCUT2D eigenvalue weighted by Crippen LogP contribution is -2.47. The third-order valence-corrected chi connectivity index (χ3v) is 9.50. The predicted octanol–water partition coefficient (Wildman–Crippen LogP) is 7.22. The molecule has 1 aromatic heterocycles. The lowest BCUT2D eigenvalue weighted by molar-refractivity contribution is 0.646. The van der Waals surface area contributed by atoms with Crippen LogP contribution in [0.15, 0.2) is 36.5 Å². The molecule has 1 aliphatic heterocycles. The van der Waals surface area contributed by atoms with Crippen molar-refractivity contribution in [3.63, 3.8) is 0 Å². The summed E-state index contributed by atoms with van der Waals surface area (Å²) in [6.07, 6.45) is 16.0. The van der Waals surface area contributed by atoms with Gasteiger partial charge in [0, 0.05) is 23.3 Å². The Balaban J connectivity index is 2.07. The van der Waals surface area contributed by atoms with Gasteiger partial charge in [0.15, 0.2) is 0 Å². The largest absolute Gasteiger partial charge is 0.455 e. The van der Waals surface area contributed by atoms with Crippen LogP contribution < -0.4 is 3.88 Å². The first kappa shape index (κ1) is 20.4. The van der Waals surface area contributed by atoms with Crippen molar-refractivity contribution in [2.24, 2.45) is 0 Å². The quantitative estimate of drug-likeness (QED) is 0.406. The van der Waals surface area contributed by atoms with Gasteiger partial charge in [-0.2, -0.15) is 0 Å². The highest BCUT2D eigenvalue weighted by Crippen LogP contribution is 2.38. The van der Waals surface area contributed by atoms with Crippen LogP contribution in [0, 0.1) is 0 Å². The topological polar surface area (TPSA) is 16.1 Å². The van der Waals surface area contributed by atoms with Crippen LogP contribution in [0.3, 0.4) is 0 Å². The van der Waals surface area contributed by atoms with Crippen molar-refractivity contribution in [3.05, 3.63) is 42.1 Å². The predicted molar refractivity (Wildman–Crippen MR) is 122 cm³/mol. The van der Waals surface area contributed by atoms with Crippen LogP contribution in [0.25, 0.3) is 17.0 Å². The fraction of sp³-hybridized carbons (Fsp3) is 0.542. The summed E-state index contributed by atoms with van der Waals surface area (Å²) in [7, 11) is 0. The van der Waals surface area contributed by atoms with Crippen LogP contribution in [-0.2, 0) is 0 Å². The van der Waals surface area contributed by atoms with E-state index < -0.39 is 14.4 Å². The molecular weight excluding hydrogens is 343 g/mol. The van der Waals surface area contributed by atoms with Crippen LogP contribution in [0.5, 0.6) is 0 Å². The van der Waals surface area contributed by atoms with Gasteiger partial charge in [0.1, 0.15) is 0 Å². The molecular formula is C24H35AlN2. The van der Waals surface area contributed by atoms with Gasteiger partial charge in [-0.05, 0) is 18.1 Å². The molecule has 1 aromatic carbocycles. The number of hydrogen-bond donors (Lipinski definition) is 0. The summed E-state index contributed by atoms with van der Waals surface area (Å²) < 4.78 is 2.91. The van der Waals surface area contributed by atoms with Crippen molar-refractivity contribution < 1.29 is 0 Å². The molecule has 2 aromatic rings. The Morgan fingerprint density at radius 1 is 0.963 bits per heavy atom. The van der Waals surface area contributed by atoms with Crippen molar-refractivity contribution >= 4 is 37.0 Å². The highest BCUT2D eigenvalue weighted by atomic mass is 27.2. The Morgan fingerprint density at radius 2 is 1.70 bits per heavy atom. The second-order valence-electron chi connectivity index (χ2n) is 7.99. The summed E-state index contributed by atoms with van der Waals surface area (Å²) in [5, 5.41) is 4.13. The first-order valence-electron chi connectivity index (χ1n) is 11.1. The van der Waals surface area contributed by atoms with Crippen molar-refractivity contribution in [3.8, 4) is 0 Å². The normalized spacial score (nSPS) is 16.0. The number of unbranched alkanes of at least 4 members (excludes halogenated alkanes) is 3. The van der Waals surface area contributed by atoms with E-state index in [1.807, 2.05) is 6.20 Å². The number of fused-ring (bicyclic) bond motifs is 3. The third kappa shape index (κ3) is 4.76. The smallest absolute Gasteiger partial charge is 0.414 e. The van der Waals surface area contributed by atoms with E-state index in [-0.39, 0.29) is 0 Å². The van der Waals surface area contributed by atoms with E-state index in [0.717, 1.165) is 0 Å². The van der Waals surface area contributed by atoms with Crippen LogP contribution in [0.2, 0.25) is 10.6 Å². The van der Waals surface area contributed by atoms with E-state index >= 15 is 0 Å². The number of benzene rings is 1. The molecule has 0 saturated heterocycles. The fourth-order valence-corrected chi connectivity index (χ4v) is 8.46. The molecule has 2 nitrogen and oxygen atoms in total. The van der Waals surface area contributed by atoms with Gasteiger partial charge in [0.05, 0.1) is 5.52 Å². The molecule has 0 bridgehead atoms. The van der Waals surface area contributed by atoms with Gasteiger partial charge in [-0.1, -0.05) is 100 Å². The molecule has 1 atom stereocenters. The first-order valence-corrected chi connectivity index (χ1v) is 13.3. The zero-order valence-electron chi connectivity index (χ0n) is 17.5. The second kappa shape index (κ2) is 10.3. The SMILES string of the molecule is CCCCC1C=Cc2ccc3cccnc3c2[N]1[Al]([CH2]CCC)[CH2]CCC. The van der Waals surface area contributed by atoms with Gasteiger partial charge >= 0.3 is 14.4 Å². The molecule has 2 heterocycles. The summed E-state index contributed by atoms with van der Waals surface area (Å²) >= 11 is -1.05. The maximum absolute atomic E-state index is 4.85. The second-order valence-corrected chi connectivity index (χ2v) is 11.0. The average Bonchev–Trinajstić information content (AvgIpc) is 2.72. The molecule has 1 aliphatic rings. The van der Waals surface area contributed by atoms with E-state index in [4.69, 9.17) is 4.98 Å². The molecule has 3 heteroatoms. The van der Waals surface area contributed by atoms with Crippen molar-refractivity contribution in [2.75, 3.05) is 3.88 Å². The Hall–Kier alpha value is -1.30. The van der Waals surface area contributed by atoms with E-state index in [1.165, 1.54) is 77.7 Å². The monoisotopic (exact) mass is 378 g/mol. The van der Waals surface area contributed by atoms with Gasteiger partial charge in [-0.15, -0.1) is 0 Å². The molecule has 1 unspecified atom stereocenters. The molecule has 0 saturated carbocycles. The standard InChI is InChI=1S/C16H17N2.2C4H9.Al/c1-2-3-6-14-10-9-13-8-7-12-5-4-11-17-15(12)16(13)18-14;2*1-3-4-2;/h4-5,7-11,14H,2-3,6H2,1H3;2*1,3-4H2,2H3;/q-1;;;+1. The summed E-state index contributed by atoms with van der Waals surface area (Å²) in [6, 6.07) is 9.40. The summed E-state index contributed by atoms with van der Waals surface area (Å²) in [5.74, 6) is 0. The Bertz CT molecular complexity index is 747. The van der Waals surface area contributed by atoms with Crippen LogP contribution in [0.4, 0.5) is 5.69 Å². The van der Waals surface area contributed by atoms with Gasteiger partial charge < -0.3 is 3.88 Å². The maximum atomic E-state index is 4.85. The first-order chi connectivity index (χ1) is 13.3. The minimum Gasteiger partial charge on any atom is -0.455 e. The lowest BCUT2D eigenvalue weighted by Gasteiger charge is -2.41. The van der Waals surface area contributed by atoms with Gasteiger partial charge in [-0.3, -0.25) is 4.98 Å². The minimum atomic E-state index is -1.05. The Labute approximate surface area is 170 Å². The number of rotatable bonds is 10. The highest BCUT2D eigenvalue weighted by molar-refractivity contribution is 6.64. The minimum absolute atomic E-state index is 0.565. The molecule has 27 heavy (non-hydrogen) atoms. The average molecular weight is 379 g/mol. The molecule has 0 spiro atoms. The lowest BCUT2D eigenvalue weighted by atomic mass is 9.99.